The highest BCUT2D eigenvalue weighted by atomic mass is 35.5. The van der Waals surface area contributed by atoms with Crippen LogP contribution in [0.15, 0.2) is 0 Å². The third-order valence-electron chi connectivity index (χ3n) is 2.24. The summed E-state index contributed by atoms with van der Waals surface area (Å²) in [6.45, 7) is 2.36. The first-order chi connectivity index (χ1) is 7.12. The van der Waals surface area contributed by atoms with E-state index < -0.39 is 6.57 Å². The number of hydrogen-bond acceptors (Lipinski definition) is 2. The van der Waals surface area contributed by atoms with Gasteiger partial charge in [-0.3, -0.25) is 5.09 Å². The Morgan fingerprint density at radius 2 is 2.07 bits per heavy atom. The maximum atomic E-state index is 5.86. The van der Waals surface area contributed by atoms with Gasteiger partial charge >= 0.3 is 0 Å². The van der Waals surface area contributed by atoms with Crippen molar-refractivity contribution < 1.29 is 4.52 Å². The third-order valence-corrected chi connectivity index (χ3v) is 6.33. The quantitative estimate of drug-likeness (QED) is 0.621. The summed E-state index contributed by atoms with van der Waals surface area (Å²) >= 11 is 17.1. The zero-order valence-electron chi connectivity index (χ0n) is 8.79. The average molecular weight is 291 g/mol. The third kappa shape index (κ3) is 4.12. The summed E-state index contributed by atoms with van der Waals surface area (Å²) in [6, 6.07) is 0. The fourth-order valence-corrected chi connectivity index (χ4v) is 5.47. The molecule has 1 saturated heterocycles. The summed E-state index contributed by atoms with van der Waals surface area (Å²) in [7, 11) is 0. The lowest BCUT2D eigenvalue weighted by molar-refractivity contribution is 0.190. The molecule has 1 aliphatic heterocycles. The lowest BCUT2D eigenvalue weighted by atomic mass is 10.3. The SMILES string of the molecule is CC1CCNP(=S)(N(CCCl)CCCl)O1. The highest BCUT2D eigenvalue weighted by Gasteiger charge is 2.31. The molecular weight excluding hydrogens is 274 g/mol. The summed E-state index contributed by atoms with van der Waals surface area (Å²) in [6.07, 6.45) is 1.23. The van der Waals surface area contributed by atoms with Crippen molar-refractivity contribution in [3.8, 4) is 0 Å². The van der Waals surface area contributed by atoms with E-state index in [1.807, 2.05) is 0 Å². The van der Waals surface area contributed by atoms with Gasteiger partial charge in [-0.2, -0.15) is 0 Å². The number of rotatable bonds is 5. The average Bonchev–Trinajstić information content (AvgIpc) is 2.17. The van der Waals surface area contributed by atoms with Gasteiger partial charge in [0.15, 0.2) is 0 Å². The summed E-state index contributed by atoms with van der Waals surface area (Å²) in [5.41, 5.74) is 0. The molecule has 0 radical (unpaired) electrons. The van der Waals surface area contributed by atoms with Crippen LogP contribution >= 0.6 is 29.8 Å². The van der Waals surface area contributed by atoms with Crippen LogP contribution in [0, 0.1) is 0 Å². The molecule has 1 fully saturated rings. The zero-order chi connectivity index (χ0) is 11.3. The Balaban J connectivity index is 2.66. The van der Waals surface area contributed by atoms with Gasteiger partial charge in [-0.25, -0.2) is 4.67 Å². The van der Waals surface area contributed by atoms with E-state index in [4.69, 9.17) is 39.5 Å². The van der Waals surface area contributed by atoms with Crippen molar-refractivity contribution in [3.05, 3.63) is 0 Å². The lowest BCUT2D eigenvalue weighted by Gasteiger charge is -2.39. The summed E-state index contributed by atoms with van der Waals surface area (Å²) in [4.78, 5) is 0. The molecule has 2 unspecified atom stereocenters. The van der Waals surface area contributed by atoms with Gasteiger partial charge in [0.1, 0.15) is 0 Å². The van der Waals surface area contributed by atoms with Crippen LogP contribution in [0.2, 0.25) is 0 Å². The normalized spacial score (nSPS) is 32.1. The maximum Gasteiger partial charge on any atom is 0.201 e. The lowest BCUT2D eigenvalue weighted by Crippen LogP contribution is -2.38. The second-order valence-electron chi connectivity index (χ2n) is 3.46. The molecule has 15 heavy (non-hydrogen) atoms. The molecule has 1 rings (SSSR count). The first-order valence-corrected chi connectivity index (χ1v) is 8.77. The second-order valence-corrected chi connectivity index (χ2v) is 7.84. The molecule has 0 bridgehead atoms. The molecule has 90 valence electrons. The molecule has 0 spiro atoms. The number of halogens is 2. The summed E-state index contributed by atoms with van der Waals surface area (Å²) in [5.74, 6) is 1.10. The van der Waals surface area contributed by atoms with Crippen molar-refractivity contribution in [2.45, 2.75) is 19.4 Å². The van der Waals surface area contributed by atoms with Crippen LogP contribution in [0.5, 0.6) is 0 Å². The van der Waals surface area contributed by atoms with Gasteiger partial charge in [-0.15, -0.1) is 23.2 Å². The van der Waals surface area contributed by atoms with E-state index >= 15 is 0 Å². The Morgan fingerprint density at radius 3 is 2.53 bits per heavy atom. The minimum absolute atomic E-state index is 0.227. The molecule has 7 heteroatoms. The van der Waals surface area contributed by atoms with E-state index in [0.717, 1.165) is 26.1 Å². The Kier molecular flexibility index (Phi) is 6.38. The van der Waals surface area contributed by atoms with E-state index in [2.05, 4.69) is 16.7 Å². The molecular formula is C8H17Cl2N2OPS. The predicted molar refractivity (Wildman–Crippen MR) is 70.5 cm³/mol. The van der Waals surface area contributed by atoms with Crippen LogP contribution in [0.25, 0.3) is 0 Å². The minimum atomic E-state index is -2.06. The van der Waals surface area contributed by atoms with E-state index in [1.165, 1.54) is 0 Å². The topological polar surface area (TPSA) is 24.5 Å². The molecule has 1 aliphatic rings. The molecule has 0 aliphatic carbocycles. The van der Waals surface area contributed by atoms with Crippen molar-refractivity contribution in [3.63, 3.8) is 0 Å². The number of nitrogens with zero attached hydrogens (tertiary/aromatic N) is 1. The van der Waals surface area contributed by atoms with Gasteiger partial charge in [0.2, 0.25) is 6.57 Å². The molecule has 0 saturated carbocycles. The standard InChI is InChI=1S/C8H17Cl2N2OPS/c1-8-2-5-11-14(15,13-8)12(6-3-9)7-4-10/h8H,2-7H2,1H3,(H,11,15). The predicted octanol–water partition coefficient (Wildman–Crippen LogP) is 2.39. The van der Waals surface area contributed by atoms with Gasteiger partial charge in [-0.05, 0) is 25.2 Å². The van der Waals surface area contributed by atoms with Crippen LogP contribution in [-0.2, 0) is 16.3 Å². The molecule has 2 atom stereocenters. The van der Waals surface area contributed by atoms with Gasteiger partial charge < -0.3 is 4.52 Å². The first kappa shape index (κ1) is 14.2. The molecule has 1 heterocycles. The zero-order valence-corrected chi connectivity index (χ0v) is 12.0. The maximum absolute atomic E-state index is 5.86. The Hall–Kier alpha value is 1.11. The fraction of sp³-hybridized carbons (Fsp3) is 1.00. The smallest absolute Gasteiger partial charge is 0.201 e. The van der Waals surface area contributed by atoms with Gasteiger partial charge in [0.25, 0.3) is 0 Å². The summed E-state index contributed by atoms with van der Waals surface area (Å²) in [5, 5.41) is 3.31. The van der Waals surface area contributed by atoms with Crippen LogP contribution in [0.1, 0.15) is 13.3 Å². The van der Waals surface area contributed by atoms with Crippen molar-refractivity contribution in [1.29, 1.82) is 0 Å². The van der Waals surface area contributed by atoms with Gasteiger partial charge in [0, 0.05) is 31.4 Å². The van der Waals surface area contributed by atoms with Crippen molar-refractivity contribution >= 4 is 41.6 Å². The van der Waals surface area contributed by atoms with Gasteiger partial charge in [-0.1, -0.05) is 0 Å². The highest BCUT2D eigenvalue weighted by molar-refractivity contribution is 8.10. The molecule has 0 aromatic rings. The highest BCUT2D eigenvalue weighted by Crippen LogP contribution is 2.50. The van der Waals surface area contributed by atoms with Crippen molar-refractivity contribution in [2.24, 2.45) is 0 Å². The summed E-state index contributed by atoms with van der Waals surface area (Å²) < 4.78 is 7.95. The van der Waals surface area contributed by atoms with Crippen LogP contribution in [0.4, 0.5) is 0 Å². The monoisotopic (exact) mass is 290 g/mol. The van der Waals surface area contributed by atoms with Crippen LogP contribution < -0.4 is 5.09 Å². The largest absolute Gasteiger partial charge is 0.324 e. The number of hydrogen-bond donors (Lipinski definition) is 1. The number of nitrogens with one attached hydrogen (secondary N) is 1. The molecule has 0 aromatic carbocycles. The fourth-order valence-electron chi connectivity index (χ4n) is 1.48. The second kappa shape index (κ2) is 6.75. The van der Waals surface area contributed by atoms with Crippen LogP contribution in [0.3, 0.4) is 0 Å². The van der Waals surface area contributed by atoms with Crippen LogP contribution in [-0.4, -0.2) is 42.2 Å². The van der Waals surface area contributed by atoms with E-state index in [0.29, 0.717) is 11.8 Å². The van der Waals surface area contributed by atoms with E-state index in [-0.39, 0.29) is 6.10 Å². The Labute approximate surface area is 107 Å². The molecule has 0 amide bonds. The van der Waals surface area contributed by atoms with Gasteiger partial charge in [0.05, 0.1) is 6.10 Å². The molecule has 3 nitrogen and oxygen atoms in total. The Bertz CT molecular complexity index is 239. The van der Waals surface area contributed by atoms with E-state index in [1.54, 1.807) is 0 Å². The molecule has 1 N–H and O–H groups in total. The molecule has 0 aromatic heterocycles. The number of alkyl halides is 2. The van der Waals surface area contributed by atoms with Crippen molar-refractivity contribution in [1.82, 2.24) is 9.76 Å². The Morgan fingerprint density at radius 1 is 1.47 bits per heavy atom. The minimum Gasteiger partial charge on any atom is -0.324 e. The first-order valence-electron chi connectivity index (χ1n) is 5.03. The van der Waals surface area contributed by atoms with Crippen molar-refractivity contribution in [2.75, 3.05) is 31.4 Å². The van der Waals surface area contributed by atoms with E-state index in [9.17, 15) is 0 Å².